The van der Waals surface area contributed by atoms with Crippen LogP contribution in [0.25, 0.3) is 0 Å². The lowest BCUT2D eigenvalue weighted by molar-refractivity contribution is -0.274. The van der Waals surface area contributed by atoms with Crippen LogP contribution in [-0.2, 0) is 14.8 Å². The molecule has 1 fully saturated rings. The molecular formula is C18H18F3NO5S. The summed E-state index contributed by atoms with van der Waals surface area (Å²) >= 11 is 0. The summed E-state index contributed by atoms with van der Waals surface area (Å²) in [5.41, 5.74) is 0.264. The maximum Gasteiger partial charge on any atom is 0.573 e. The summed E-state index contributed by atoms with van der Waals surface area (Å²) in [5.74, 6) is -0.0272. The molecule has 1 aliphatic heterocycles. The highest BCUT2D eigenvalue weighted by Crippen LogP contribution is 2.26. The van der Waals surface area contributed by atoms with Gasteiger partial charge in [0.15, 0.2) is 0 Å². The average Bonchev–Trinajstić information content (AvgIpc) is 3.12. The van der Waals surface area contributed by atoms with Crippen molar-refractivity contribution in [2.45, 2.75) is 30.2 Å². The molecule has 1 atom stereocenters. The van der Waals surface area contributed by atoms with Crippen LogP contribution in [0.1, 0.15) is 12.8 Å². The van der Waals surface area contributed by atoms with Crippen LogP contribution in [0.15, 0.2) is 53.4 Å². The standard InChI is InChI=1S/C18H18F3NO5S/c19-18(20,21)27-14-6-8-17(9-7-14)28(23,24)22-13-3-1-4-15(11-13)26-12-16-5-2-10-25-16/h1,3-4,6-9,11,16,22H,2,5,10,12H2/t16-/m1/s1. The first-order valence-electron chi connectivity index (χ1n) is 8.44. The van der Waals surface area contributed by atoms with Crippen LogP contribution in [-0.4, -0.2) is 34.1 Å². The van der Waals surface area contributed by atoms with Crippen molar-refractivity contribution >= 4 is 15.7 Å². The summed E-state index contributed by atoms with van der Waals surface area (Å²) in [6, 6.07) is 10.3. The summed E-state index contributed by atoms with van der Waals surface area (Å²) in [6.45, 7) is 1.08. The fraction of sp³-hybridized carbons (Fsp3) is 0.333. The van der Waals surface area contributed by atoms with Crippen LogP contribution in [0, 0.1) is 0 Å². The molecule has 1 aliphatic rings. The first kappa shape index (κ1) is 20.3. The molecule has 3 rings (SSSR count). The Balaban J connectivity index is 1.65. The number of alkyl halides is 3. The summed E-state index contributed by atoms with van der Waals surface area (Å²) in [6.07, 6.45) is -2.92. The Morgan fingerprint density at radius 1 is 1.11 bits per heavy atom. The number of anilines is 1. The van der Waals surface area contributed by atoms with Gasteiger partial charge in [-0.1, -0.05) is 6.07 Å². The maximum atomic E-state index is 12.4. The van der Waals surface area contributed by atoms with Crippen LogP contribution in [0.4, 0.5) is 18.9 Å². The van der Waals surface area contributed by atoms with Gasteiger partial charge in [-0.05, 0) is 49.2 Å². The lowest BCUT2D eigenvalue weighted by Crippen LogP contribution is -2.17. The van der Waals surface area contributed by atoms with Crippen molar-refractivity contribution in [2.24, 2.45) is 0 Å². The van der Waals surface area contributed by atoms with Gasteiger partial charge in [0.2, 0.25) is 0 Å². The third-order valence-corrected chi connectivity index (χ3v) is 5.31. The summed E-state index contributed by atoms with van der Waals surface area (Å²) in [5, 5.41) is 0. The van der Waals surface area contributed by atoms with Crippen LogP contribution in [0.2, 0.25) is 0 Å². The average molecular weight is 417 g/mol. The van der Waals surface area contributed by atoms with E-state index >= 15 is 0 Å². The molecule has 152 valence electrons. The van der Waals surface area contributed by atoms with Crippen LogP contribution in [0.5, 0.6) is 11.5 Å². The number of sulfonamides is 1. The van der Waals surface area contributed by atoms with E-state index in [1.54, 1.807) is 12.1 Å². The molecule has 1 N–H and O–H groups in total. The van der Waals surface area contributed by atoms with Crippen molar-refractivity contribution < 1.29 is 35.8 Å². The van der Waals surface area contributed by atoms with E-state index in [-0.39, 0.29) is 16.7 Å². The molecule has 1 heterocycles. The molecule has 6 nitrogen and oxygen atoms in total. The fourth-order valence-electron chi connectivity index (χ4n) is 2.65. The SMILES string of the molecule is O=S(=O)(Nc1cccc(OC[C@H]2CCCO2)c1)c1ccc(OC(F)(F)F)cc1. The van der Waals surface area contributed by atoms with Gasteiger partial charge in [-0.3, -0.25) is 4.72 Å². The van der Waals surface area contributed by atoms with Gasteiger partial charge >= 0.3 is 6.36 Å². The van der Waals surface area contributed by atoms with E-state index in [9.17, 15) is 21.6 Å². The molecule has 10 heteroatoms. The van der Waals surface area contributed by atoms with Crippen LogP contribution < -0.4 is 14.2 Å². The van der Waals surface area contributed by atoms with Crippen molar-refractivity contribution in [2.75, 3.05) is 17.9 Å². The van der Waals surface area contributed by atoms with E-state index in [2.05, 4.69) is 9.46 Å². The smallest absolute Gasteiger partial charge is 0.491 e. The van der Waals surface area contributed by atoms with Gasteiger partial charge in [0.1, 0.15) is 18.1 Å². The number of hydrogen-bond donors (Lipinski definition) is 1. The van der Waals surface area contributed by atoms with Crippen LogP contribution in [0.3, 0.4) is 0 Å². The minimum Gasteiger partial charge on any atom is -0.491 e. The number of nitrogens with one attached hydrogen (secondary N) is 1. The summed E-state index contributed by atoms with van der Waals surface area (Å²) in [4.78, 5) is -0.201. The van der Waals surface area contributed by atoms with E-state index in [1.807, 2.05) is 0 Å². The fourth-order valence-corrected chi connectivity index (χ4v) is 3.70. The van der Waals surface area contributed by atoms with E-state index in [1.165, 1.54) is 12.1 Å². The molecule has 0 amide bonds. The van der Waals surface area contributed by atoms with Gasteiger partial charge in [-0.25, -0.2) is 8.42 Å². The molecule has 0 aromatic heterocycles. The molecule has 2 aromatic rings. The van der Waals surface area contributed by atoms with Crippen molar-refractivity contribution in [1.82, 2.24) is 0 Å². The Hall–Kier alpha value is -2.46. The summed E-state index contributed by atoms with van der Waals surface area (Å²) in [7, 11) is -3.99. The van der Waals surface area contributed by atoms with E-state index in [0.717, 1.165) is 37.1 Å². The Morgan fingerprint density at radius 2 is 1.86 bits per heavy atom. The Kier molecular flexibility index (Phi) is 5.99. The second-order valence-electron chi connectivity index (χ2n) is 6.10. The minimum atomic E-state index is -4.84. The molecule has 0 spiro atoms. The van der Waals surface area contributed by atoms with Crippen molar-refractivity contribution in [1.29, 1.82) is 0 Å². The monoisotopic (exact) mass is 417 g/mol. The number of hydrogen-bond acceptors (Lipinski definition) is 5. The molecule has 28 heavy (non-hydrogen) atoms. The van der Waals surface area contributed by atoms with Gasteiger partial charge in [-0.15, -0.1) is 13.2 Å². The molecular weight excluding hydrogens is 399 g/mol. The predicted octanol–water partition coefficient (Wildman–Crippen LogP) is 3.94. The normalized spacial score (nSPS) is 17.3. The number of halogens is 3. The molecule has 0 aliphatic carbocycles. The maximum absolute atomic E-state index is 12.4. The topological polar surface area (TPSA) is 73.9 Å². The van der Waals surface area contributed by atoms with Gasteiger partial charge in [0.05, 0.1) is 16.7 Å². The zero-order valence-corrected chi connectivity index (χ0v) is 15.4. The molecule has 2 aromatic carbocycles. The lowest BCUT2D eigenvalue weighted by atomic mass is 10.2. The highest BCUT2D eigenvalue weighted by atomic mass is 32.2. The van der Waals surface area contributed by atoms with Gasteiger partial charge in [0, 0.05) is 12.7 Å². The lowest BCUT2D eigenvalue weighted by Gasteiger charge is -2.13. The number of rotatable bonds is 7. The van der Waals surface area contributed by atoms with E-state index in [0.29, 0.717) is 19.0 Å². The minimum absolute atomic E-state index is 0.0257. The van der Waals surface area contributed by atoms with Crippen molar-refractivity contribution in [3.05, 3.63) is 48.5 Å². The Labute approximate surface area is 160 Å². The van der Waals surface area contributed by atoms with Crippen molar-refractivity contribution in [3.63, 3.8) is 0 Å². The highest BCUT2D eigenvalue weighted by Gasteiger charge is 2.31. The third kappa shape index (κ3) is 5.77. The zero-order chi connectivity index (χ0) is 20.2. The molecule has 0 saturated carbocycles. The first-order valence-corrected chi connectivity index (χ1v) is 9.93. The van der Waals surface area contributed by atoms with Crippen molar-refractivity contribution in [3.8, 4) is 11.5 Å². The van der Waals surface area contributed by atoms with E-state index in [4.69, 9.17) is 9.47 Å². The molecule has 0 unspecified atom stereocenters. The number of ether oxygens (including phenoxy) is 3. The van der Waals surface area contributed by atoms with Gasteiger partial charge in [-0.2, -0.15) is 0 Å². The van der Waals surface area contributed by atoms with E-state index < -0.39 is 22.1 Å². The first-order chi connectivity index (χ1) is 13.2. The zero-order valence-electron chi connectivity index (χ0n) is 14.6. The largest absolute Gasteiger partial charge is 0.573 e. The highest BCUT2D eigenvalue weighted by molar-refractivity contribution is 7.92. The molecule has 0 bridgehead atoms. The van der Waals surface area contributed by atoms with Gasteiger partial charge in [0.25, 0.3) is 10.0 Å². The predicted molar refractivity (Wildman–Crippen MR) is 94.8 cm³/mol. The Bertz CT molecular complexity index is 894. The third-order valence-electron chi connectivity index (χ3n) is 3.91. The quantitative estimate of drug-likeness (QED) is 0.739. The number of benzene rings is 2. The van der Waals surface area contributed by atoms with Gasteiger partial charge < -0.3 is 14.2 Å². The summed E-state index contributed by atoms with van der Waals surface area (Å²) < 4.78 is 78.6. The molecule has 1 saturated heterocycles. The second-order valence-corrected chi connectivity index (χ2v) is 7.78. The molecule has 0 radical (unpaired) electrons. The second kappa shape index (κ2) is 8.27. The Morgan fingerprint density at radius 3 is 2.50 bits per heavy atom. The van der Waals surface area contributed by atoms with Crippen LogP contribution >= 0.6 is 0 Å².